The van der Waals surface area contributed by atoms with Crippen molar-refractivity contribution in [1.82, 2.24) is 0 Å². The minimum absolute atomic E-state index is 0.0884. The first-order valence-corrected chi connectivity index (χ1v) is 5.28. The second kappa shape index (κ2) is 4.45. The highest BCUT2D eigenvalue weighted by Gasteiger charge is 2.21. The van der Waals surface area contributed by atoms with E-state index in [1.165, 1.54) is 7.11 Å². The number of methoxy groups -OCH3 is 1. The van der Waals surface area contributed by atoms with Crippen molar-refractivity contribution >= 4 is 17.6 Å². The van der Waals surface area contributed by atoms with Crippen LogP contribution in [0.5, 0.6) is 5.75 Å². The number of anilines is 1. The van der Waals surface area contributed by atoms with Crippen molar-refractivity contribution in [2.24, 2.45) is 5.92 Å². The minimum atomic E-state index is -0.431. The van der Waals surface area contributed by atoms with Gasteiger partial charge in [0, 0.05) is 0 Å². The summed E-state index contributed by atoms with van der Waals surface area (Å²) in [5.41, 5.74) is 0.974. The number of hydrogen-bond acceptors (Lipinski definition) is 4. The van der Waals surface area contributed by atoms with E-state index < -0.39 is 5.97 Å². The van der Waals surface area contributed by atoms with E-state index in [9.17, 15) is 9.59 Å². The maximum Gasteiger partial charge on any atom is 0.337 e. The third-order valence-corrected chi connectivity index (χ3v) is 2.60. The molecule has 5 nitrogen and oxygen atoms in total. The smallest absolute Gasteiger partial charge is 0.337 e. The molecule has 1 aromatic carbocycles. The van der Waals surface area contributed by atoms with E-state index in [-0.39, 0.29) is 11.8 Å². The summed E-state index contributed by atoms with van der Waals surface area (Å²) < 4.78 is 10.1. The average molecular weight is 235 g/mol. The second-order valence-electron chi connectivity index (χ2n) is 3.90. The molecule has 0 fully saturated rings. The molecule has 1 heterocycles. The van der Waals surface area contributed by atoms with Crippen molar-refractivity contribution in [3.05, 3.63) is 23.8 Å². The zero-order chi connectivity index (χ0) is 12.4. The summed E-state index contributed by atoms with van der Waals surface area (Å²) in [4.78, 5) is 22.9. The fourth-order valence-electron chi connectivity index (χ4n) is 1.54. The van der Waals surface area contributed by atoms with Crippen molar-refractivity contribution in [1.29, 1.82) is 0 Å². The van der Waals surface area contributed by atoms with Gasteiger partial charge in [-0.25, -0.2) is 4.79 Å². The van der Waals surface area contributed by atoms with Crippen LogP contribution in [0.15, 0.2) is 18.2 Å². The molecule has 0 aliphatic carbocycles. The van der Waals surface area contributed by atoms with Crippen LogP contribution in [0.4, 0.5) is 5.69 Å². The van der Waals surface area contributed by atoms with Gasteiger partial charge in [-0.05, 0) is 18.2 Å². The number of benzene rings is 1. The van der Waals surface area contributed by atoms with Crippen molar-refractivity contribution < 1.29 is 19.1 Å². The maximum absolute atomic E-state index is 11.6. The van der Waals surface area contributed by atoms with Crippen LogP contribution >= 0.6 is 0 Å². The van der Waals surface area contributed by atoms with Gasteiger partial charge in [-0.3, -0.25) is 4.79 Å². The van der Waals surface area contributed by atoms with Gasteiger partial charge in [-0.15, -0.1) is 0 Å². The standard InChI is InChI=1S/C12H13NO4/c1-7-6-17-10-5-8(12(15)16-2)3-4-9(10)13-11(7)14/h3-5,7H,6H2,1-2H3,(H,13,14)/t7-/m1/s1. The first kappa shape index (κ1) is 11.4. The molecule has 0 saturated carbocycles. The molecule has 90 valence electrons. The van der Waals surface area contributed by atoms with Crippen LogP contribution in [0.1, 0.15) is 17.3 Å². The lowest BCUT2D eigenvalue weighted by molar-refractivity contribution is -0.119. The van der Waals surface area contributed by atoms with Crippen LogP contribution in [0, 0.1) is 5.92 Å². The number of fused-ring (bicyclic) bond motifs is 1. The first-order chi connectivity index (χ1) is 8.11. The number of esters is 1. The van der Waals surface area contributed by atoms with Crippen LogP contribution in [-0.2, 0) is 9.53 Å². The number of hydrogen-bond donors (Lipinski definition) is 1. The third-order valence-electron chi connectivity index (χ3n) is 2.60. The highest BCUT2D eigenvalue weighted by molar-refractivity contribution is 5.96. The van der Waals surface area contributed by atoms with Gasteiger partial charge in [0.1, 0.15) is 5.75 Å². The molecule has 17 heavy (non-hydrogen) atoms. The Balaban J connectivity index is 2.34. The van der Waals surface area contributed by atoms with Crippen LogP contribution in [0.3, 0.4) is 0 Å². The summed E-state index contributed by atoms with van der Waals surface area (Å²) in [6.07, 6.45) is 0. The fraction of sp³-hybridized carbons (Fsp3) is 0.333. The molecule has 0 spiro atoms. The number of rotatable bonds is 1. The molecule has 1 N–H and O–H groups in total. The summed E-state index contributed by atoms with van der Waals surface area (Å²) in [5, 5.41) is 2.74. The number of carbonyl (C=O) groups excluding carboxylic acids is 2. The molecule has 5 heteroatoms. The Hall–Kier alpha value is -2.04. The SMILES string of the molecule is COC(=O)c1ccc2c(c1)OC[C@@H](C)C(=O)N2. The molecule has 0 unspecified atom stereocenters. The summed E-state index contributed by atoms with van der Waals surface area (Å²) in [6, 6.07) is 4.79. The molecule has 0 aromatic heterocycles. The quantitative estimate of drug-likeness (QED) is 0.748. The number of nitrogens with one attached hydrogen (secondary N) is 1. The molecule has 1 aromatic rings. The van der Waals surface area contributed by atoms with Crippen LogP contribution in [0.2, 0.25) is 0 Å². The monoisotopic (exact) mass is 235 g/mol. The number of ether oxygens (including phenoxy) is 2. The lowest BCUT2D eigenvalue weighted by Crippen LogP contribution is -2.21. The lowest BCUT2D eigenvalue weighted by Gasteiger charge is -2.08. The number of carbonyl (C=O) groups is 2. The lowest BCUT2D eigenvalue weighted by atomic mass is 10.2. The number of amides is 1. The molecule has 0 bridgehead atoms. The minimum Gasteiger partial charge on any atom is -0.491 e. The van der Waals surface area contributed by atoms with E-state index in [2.05, 4.69) is 10.1 Å². The van der Waals surface area contributed by atoms with E-state index in [0.717, 1.165) is 0 Å². The predicted octanol–water partition coefficient (Wildman–Crippen LogP) is 1.44. The van der Waals surface area contributed by atoms with E-state index in [4.69, 9.17) is 4.74 Å². The largest absolute Gasteiger partial charge is 0.491 e. The van der Waals surface area contributed by atoms with Gasteiger partial charge in [0.2, 0.25) is 5.91 Å². The Morgan fingerprint density at radius 1 is 1.53 bits per heavy atom. The molecule has 1 atom stereocenters. The van der Waals surface area contributed by atoms with E-state index in [1.807, 2.05) is 0 Å². The highest BCUT2D eigenvalue weighted by atomic mass is 16.5. The predicted molar refractivity (Wildman–Crippen MR) is 61.1 cm³/mol. The zero-order valence-electron chi connectivity index (χ0n) is 9.65. The van der Waals surface area contributed by atoms with Crippen molar-refractivity contribution in [3.8, 4) is 5.75 Å². The molecule has 2 rings (SSSR count). The van der Waals surface area contributed by atoms with E-state index >= 15 is 0 Å². The zero-order valence-corrected chi connectivity index (χ0v) is 9.65. The Morgan fingerprint density at radius 2 is 2.29 bits per heavy atom. The Bertz CT molecular complexity index is 470. The van der Waals surface area contributed by atoms with Gasteiger partial charge in [-0.2, -0.15) is 0 Å². The molecule has 1 aliphatic rings. The summed E-state index contributed by atoms with van der Waals surface area (Å²) >= 11 is 0. The van der Waals surface area contributed by atoms with Gasteiger partial charge in [-0.1, -0.05) is 6.92 Å². The molecule has 0 saturated heterocycles. The molecular weight excluding hydrogens is 222 g/mol. The molecule has 0 radical (unpaired) electrons. The Morgan fingerprint density at radius 3 is 3.00 bits per heavy atom. The third kappa shape index (κ3) is 2.22. The van der Waals surface area contributed by atoms with Crippen LogP contribution in [0.25, 0.3) is 0 Å². The summed E-state index contributed by atoms with van der Waals surface area (Å²) in [7, 11) is 1.32. The van der Waals surface area contributed by atoms with Crippen molar-refractivity contribution in [2.45, 2.75) is 6.92 Å². The Labute approximate surface area is 98.7 Å². The van der Waals surface area contributed by atoms with Crippen LogP contribution in [-0.4, -0.2) is 25.6 Å². The first-order valence-electron chi connectivity index (χ1n) is 5.28. The molecule has 1 aliphatic heterocycles. The van der Waals surface area contributed by atoms with E-state index in [0.29, 0.717) is 23.6 Å². The normalized spacial score (nSPS) is 18.5. The fourth-order valence-corrected chi connectivity index (χ4v) is 1.54. The summed E-state index contributed by atoms with van der Waals surface area (Å²) in [6.45, 7) is 2.08. The highest BCUT2D eigenvalue weighted by Crippen LogP contribution is 2.29. The van der Waals surface area contributed by atoms with Gasteiger partial charge in [0.15, 0.2) is 0 Å². The van der Waals surface area contributed by atoms with Crippen molar-refractivity contribution in [2.75, 3.05) is 19.0 Å². The maximum atomic E-state index is 11.6. The summed E-state index contributed by atoms with van der Waals surface area (Å²) in [5.74, 6) is -0.246. The van der Waals surface area contributed by atoms with Gasteiger partial charge in [0.25, 0.3) is 0 Å². The van der Waals surface area contributed by atoms with Gasteiger partial charge in [0.05, 0.1) is 30.9 Å². The van der Waals surface area contributed by atoms with Crippen molar-refractivity contribution in [3.63, 3.8) is 0 Å². The Kier molecular flexibility index (Phi) is 2.99. The second-order valence-corrected chi connectivity index (χ2v) is 3.90. The average Bonchev–Trinajstić information content (AvgIpc) is 2.48. The van der Waals surface area contributed by atoms with Gasteiger partial charge >= 0.3 is 5.97 Å². The van der Waals surface area contributed by atoms with E-state index in [1.54, 1.807) is 25.1 Å². The van der Waals surface area contributed by atoms with Gasteiger partial charge < -0.3 is 14.8 Å². The topological polar surface area (TPSA) is 64.6 Å². The van der Waals surface area contributed by atoms with Crippen LogP contribution < -0.4 is 10.1 Å². The molecular formula is C12H13NO4. The molecule has 1 amide bonds.